The number of thioether (sulfide) groups is 1. The summed E-state index contributed by atoms with van der Waals surface area (Å²) >= 11 is 1.68. The monoisotopic (exact) mass is 520 g/mol. The summed E-state index contributed by atoms with van der Waals surface area (Å²) in [5.41, 5.74) is 0. The third kappa shape index (κ3) is 5.13. The quantitative estimate of drug-likeness (QED) is 0.200. The first kappa shape index (κ1) is 28.8. The maximum atomic E-state index is 14.3. The predicted octanol–water partition coefficient (Wildman–Crippen LogP) is 3.95. The van der Waals surface area contributed by atoms with Gasteiger partial charge in [0.2, 0.25) is 11.8 Å². The maximum Gasteiger partial charge on any atom is 0.311 e. The van der Waals surface area contributed by atoms with E-state index < -0.39 is 27.4 Å². The molecule has 3 rings (SSSR count). The number of carbonyl (C=O) groups excluding carboxylic acids is 3. The van der Waals surface area contributed by atoms with Gasteiger partial charge in [-0.15, -0.1) is 24.9 Å². The molecular formula is C28H44N2O5S. The van der Waals surface area contributed by atoms with Gasteiger partial charge in [0.05, 0.1) is 23.2 Å². The van der Waals surface area contributed by atoms with Gasteiger partial charge in [-0.25, -0.2) is 0 Å². The topological polar surface area (TPSA) is 87.1 Å². The zero-order chi connectivity index (χ0) is 26.5. The first-order chi connectivity index (χ1) is 17.2. The van der Waals surface area contributed by atoms with Crippen molar-refractivity contribution in [1.29, 1.82) is 0 Å². The average molecular weight is 521 g/mol. The lowest BCUT2D eigenvalue weighted by Gasteiger charge is -2.39. The summed E-state index contributed by atoms with van der Waals surface area (Å²) in [6, 6.07) is -0.581. The number of carbonyl (C=O) groups is 3. The Labute approximate surface area is 220 Å². The molecule has 6 atom stereocenters. The van der Waals surface area contributed by atoms with E-state index in [0.29, 0.717) is 32.4 Å². The van der Waals surface area contributed by atoms with Crippen LogP contribution in [0.25, 0.3) is 0 Å². The Morgan fingerprint density at radius 1 is 1.28 bits per heavy atom. The van der Waals surface area contributed by atoms with Gasteiger partial charge in [0.25, 0.3) is 0 Å². The van der Waals surface area contributed by atoms with Crippen molar-refractivity contribution >= 4 is 29.5 Å². The molecule has 3 heterocycles. The van der Waals surface area contributed by atoms with E-state index in [0.717, 1.165) is 32.1 Å². The summed E-state index contributed by atoms with van der Waals surface area (Å²) in [6.45, 7) is 15.0. The van der Waals surface area contributed by atoms with E-state index in [9.17, 15) is 19.5 Å². The van der Waals surface area contributed by atoms with Crippen molar-refractivity contribution in [3.63, 3.8) is 0 Å². The van der Waals surface area contributed by atoms with Gasteiger partial charge in [-0.1, -0.05) is 25.5 Å². The van der Waals surface area contributed by atoms with Gasteiger partial charge in [0.1, 0.15) is 6.04 Å². The van der Waals surface area contributed by atoms with E-state index in [1.54, 1.807) is 28.8 Å². The van der Waals surface area contributed by atoms with E-state index in [1.165, 1.54) is 0 Å². The zero-order valence-electron chi connectivity index (χ0n) is 22.2. The smallest absolute Gasteiger partial charge is 0.311 e. The van der Waals surface area contributed by atoms with Crippen molar-refractivity contribution in [2.75, 3.05) is 26.3 Å². The normalized spacial score (nSPS) is 31.3. The van der Waals surface area contributed by atoms with Crippen molar-refractivity contribution in [3.05, 3.63) is 25.3 Å². The minimum absolute atomic E-state index is 0.0288. The number of aliphatic hydroxyl groups is 1. The van der Waals surface area contributed by atoms with Gasteiger partial charge in [0.15, 0.2) is 0 Å². The Bertz CT molecular complexity index is 850. The third-order valence-electron chi connectivity index (χ3n) is 8.24. The van der Waals surface area contributed by atoms with Crippen LogP contribution in [-0.2, 0) is 19.1 Å². The number of aliphatic hydroxyl groups excluding tert-OH is 1. The second-order valence-electron chi connectivity index (χ2n) is 10.7. The Kier molecular flexibility index (Phi) is 9.72. The van der Waals surface area contributed by atoms with E-state index in [4.69, 9.17) is 4.74 Å². The minimum Gasteiger partial charge on any atom is -0.465 e. The number of hydrogen-bond acceptors (Lipinski definition) is 6. The Balaban J connectivity index is 1.99. The molecular weight excluding hydrogens is 476 g/mol. The summed E-state index contributed by atoms with van der Waals surface area (Å²) in [6.07, 6.45) is 9.51. The molecule has 0 aliphatic carbocycles. The predicted molar refractivity (Wildman–Crippen MR) is 143 cm³/mol. The highest BCUT2D eigenvalue weighted by molar-refractivity contribution is 8.02. The van der Waals surface area contributed by atoms with E-state index in [-0.39, 0.29) is 37.0 Å². The number of fused-ring (bicyclic) bond motifs is 1. The van der Waals surface area contributed by atoms with E-state index >= 15 is 0 Å². The van der Waals surface area contributed by atoms with Gasteiger partial charge in [-0.05, 0) is 58.8 Å². The Morgan fingerprint density at radius 2 is 2.03 bits per heavy atom. The number of rotatable bonds is 15. The Morgan fingerprint density at radius 3 is 2.67 bits per heavy atom. The third-order valence-corrected chi connectivity index (χ3v) is 10.2. The summed E-state index contributed by atoms with van der Waals surface area (Å²) < 4.78 is 4.55. The van der Waals surface area contributed by atoms with Crippen molar-refractivity contribution in [1.82, 2.24) is 9.80 Å². The summed E-state index contributed by atoms with van der Waals surface area (Å²) in [7, 11) is 0. The zero-order valence-corrected chi connectivity index (χ0v) is 23.1. The van der Waals surface area contributed by atoms with Gasteiger partial charge in [0, 0.05) is 30.5 Å². The van der Waals surface area contributed by atoms with E-state index in [1.807, 2.05) is 4.90 Å². The van der Waals surface area contributed by atoms with Crippen LogP contribution in [0.3, 0.4) is 0 Å². The lowest BCUT2D eigenvalue weighted by Crippen LogP contribution is -2.56. The summed E-state index contributed by atoms with van der Waals surface area (Å²) in [5, 5.41) is 9.21. The molecule has 1 N–H and O–H groups in total. The fourth-order valence-electron chi connectivity index (χ4n) is 6.56. The molecule has 0 saturated carbocycles. The molecule has 0 aromatic rings. The first-order valence-electron chi connectivity index (χ1n) is 13.5. The van der Waals surface area contributed by atoms with Crippen molar-refractivity contribution < 1.29 is 24.2 Å². The number of amides is 2. The van der Waals surface area contributed by atoms with Gasteiger partial charge in [-0.2, -0.15) is 0 Å². The average Bonchev–Trinajstić information content (AvgIpc) is 3.41. The Hall–Kier alpha value is -1.80. The summed E-state index contributed by atoms with van der Waals surface area (Å²) in [4.78, 5) is 45.4. The van der Waals surface area contributed by atoms with Crippen LogP contribution in [-0.4, -0.2) is 80.6 Å². The molecule has 3 fully saturated rings. The number of unbranched alkanes of at least 4 members (excludes halogenated alkanes) is 2. The maximum absolute atomic E-state index is 14.3. The molecule has 3 unspecified atom stereocenters. The molecule has 7 nitrogen and oxygen atoms in total. The van der Waals surface area contributed by atoms with Gasteiger partial charge >= 0.3 is 5.97 Å². The van der Waals surface area contributed by atoms with Crippen LogP contribution in [0.1, 0.15) is 72.1 Å². The second-order valence-corrected chi connectivity index (χ2v) is 12.6. The van der Waals surface area contributed by atoms with Crippen molar-refractivity contribution in [2.45, 2.75) is 93.7 Å². The van der Waals surface area contributed by atoms with Crippen LogP contribution in [0, 0.1) is 11.8 Å². The van der Waals surface area contributed by atoms with Crippen molar-refractivity contribution in [2.24, 2.45) is 11.8 Å². The molecule has 3 aliphatic heterocycles. The number of ether oxygens (including phenoxy) is 1. The minimum atomic E-state index is -0.632. The number of likely N-dealkylation sites (tertiary alicyclic amines) is 1. The lowest BCUT2D eigenvalue weighted by molar-refractivity contribution is -0.155. The molecule has 3 aliphatic rings. The molecule has 2 bridgehead atoms. The summed E-state index contributed by atoms with van der Waals surface area (Å²) in [5.74, 6) is -1.59. The molecule has 36 heavy (non-hydrogen) atoms. The molecule has 8 heteroatoms. The highest BCUT2D eigenvalue weighted by Gasteiger charge is 2.77. The van der Waals surface area contributed by atoms with Crippen LogP contribution in [0.15, 0.2) is 25.3 Å². The standard InChI is InChI=1S/C28H44N2O5S/c1-6-9-19-35-26(34)22-21-24(32)30(17-11-10-12-18-31)23(28(21)15-14-27(22,5)36-28)25(33)29(16-8-3)20(4)13-7-2/h6,8,20-23,31H,1,3,7,9-19H2,2,4-5H3/t20?,21-,22+,23?,27-,28?/m0/s1. The van der Waals surface area contributed by atoms with Gasteiger partial charge < -0.3 is 19.6 Å². The molecule has 1 spiro atoms. The van der Waals surface area contributed by atoms with Crippen LogP contribution in [0.4, 0.5) is 0 Å². The van der Waals surface area contributed by atoms with Crippen LogP contribution < -0.4 is 0 Å². The molecule has 3 saturated heterocycles. The second kappa shape index (κ2) is 12.2. The van der Waals surface area contributed by atoms with Crippen LogP contribution in [0.5, 0.6) is 0 Å². The largest absolute Gasteiger partial charge is 0.465 e. The SMILES string of the molecule is C=CCCOC(=O)[C@H]1[C@H]2C(=O)N(CCCCCO)C(C(=O)N(CC=C)C(C)CCC)C23CC[C@]1(C)S3. The molecule has 0 aromatic carbocycles. The lowest BCUT2D eigenvalue weighted by atomic mass is 9.66. The highest BCUT2D eigenvalue weighted by Crippen LogP contribution is 2.71. The van der Waals surface area contributed by atoms with Crippen molar-refractivity contribution in [3.8, 4) is 0 Å². The van der Waals surface area contributed by atoms with Gasteiger partial charge in [-0.3, -0.25) is 14.4 Å². The van der Waals surface area contributed by atoms with Crippen LogP contribution in [0.2, 0.25) is 0 Å². The highest BCUT2D eigenvalue weighted by atomic mass is 32.2. The number of nitrogens with zero attached hydrogens (tertiary/aromatic N) is 2. The first-order valence-corrected chi connectivity index (χ1v) is 14.3. The number of hydrogen-bond donors (Lipinski definition) is 1. The number of esters is 1. The molecule has 0 aromatic heterocycles. The van der Waals surface area contributed by atoms with E-state index in [2.05, 4.69) is 33.9 Å². The fourth-order valence-corrected chi connectivity index (χ4v) is 8.90. The molecule has 202 valence electrons. The molecule has 0 radical (unpaired) electrons. The van der Waals surface area contributed by atoms with Crippen LogP contribution >= 0.6 is 11.8 Å². The molecule has 2 amide bonds. The fraction of sp³-hybridized carbons (Fsp3) is 0.750.